The van der Waals surface area contributed by atoms with E-state index >= 15 is 0 Å². The van der Waals surface area contributed by atoms with Gasteiger partial charge in [-0.1, -0.05) is 6.08 Å². The number of aliphatic hydroxyl groups is 2. The molecule has 5 heteroatoms. The minimum Gasteiger partial charge on any atom is -0.382 e. The molecule has 0 radical (unpaired) electrons. The van der Waals surface area contributed by atoms with E-state index in [0.29, 0.717) is 0 Å². The Morgan fingerprint density at radius 1 is 1.53 bits per heavy atom. The lowest BCUT2D eigenvalue weighted by Gasteiger charge is -2.28. The Balaban J connectivity index is 4.65. The summed E-state index contributed by atoms with van der Waals surface area (Å²) in [6.45, 7) is 5.25. The first kappa shape index (κ1) is 14.0. The van der Waals surface area contributed by atoms with Crippen molar-refractivity contribution in [3.8, 4) is 0 Å². The van der Waals surface area contributed by atoms with Gasteiger partial charge in [0.2, 0.25) is 0 Å². The molecule has 0 aromatic rings. The molecule has 0 aliphatic heterocycles. The topological polar surface area (TPSA) is 83.8 Å². The van der Waals surface area contributed by atoms with Crippen LogP contribution in [0.15, 0.2) is 12.7 Å². The highest BCUT2D eigenvalue weighted by Crippen LogP contribution is 2.14. The number of ketones is 2. The quantitative estimate of drug-likeness (QED) is 0.441. The molecule has 2 unspecified atom stereocenters. The zero-order chi connectivity index (χ0) is 12.1. The van der Waals surface area contributed by atoms with Gasteiger partial charge in [-0.05, 0) is 13.8 Å². The van der Waals surface area contributed by atoms with Gasteiger partial charge >= 0.3 is 0 Å². The van der Waals surface area contributed by atoms with Crippen LogP contribution in [0, 0.1) is 0 Å². The summed E-state index contributed by atoms with van der Waals surface area (Å²) >= 11 is 0. The highest BCUT2D eigenvalue weighted by atomic mass is 16.5. The standard InChI is InChI=1S/C10H16O5/c1-4-5-15-6-10(14,8(3)12)9(13)7(2)11/h4,9,13-14H,1,5-6H2,2-3H3. The van der Waals surface area contributed by atoms with Gasteiger partial charge in [0.15, 0.2) is 17.2 Å². The van der Waals surface area contributed by atoms with Gasteiger partial charge < -0.3 is 14.9 Å². The Morgan fingerprint density at radius 2 is 2.07 bits per heavy atom. The van der Waals surface area contributed by atoms with Gasteiger partial charge in [-0.25, -0.2) is 0 Å². The molecule has 0 rings (SSSR count). The fourth-order valence-corrected chi connectivity index (χ4v) is 1.01. The molecule has 0 aromatic carbocycles. The number of carbonyl (C=O) groups is 2. The molecule has 0 aliphatic carbocycles. The van der Waals surface area contributed by atoms with Gasteiger partial charge in [0.1, 0.15) is 6.10 Å². The van der Waals surface area contributed by atoms with Crippen LogP contribution in [-0.4, -0.2) is 46.7 Å². The number of hydrogen-bond acceptors (Lipinski definition) is 5. The van der Waals surface area contributed by atoms with Crippen molar-refractivity contribution >= 4 is 11.6 Å². The molecule has 86 valence electrons. The molecular formula is C10H16O5. The summed E-state index contributed by atoms with van der Waals surface area (Å²) < 4.78 is 4.88. The monoisotopic (exact) mass is 216 g/mol. The van der Waals surface area contributed by atoms with Crippen molar-refractivity contribution in [3.05, 3.63) is 12.7 Å². The normalized spacial score (nSPS) is 16.5. The van der Waals surface area contributed by atoms with E-state index in [4.69, 9.17) is 4.74 Å². The molecule has 2 N–H and O–H groups in total. The second kappa shape index (κ2) is 5.75. The summed E-state index contributed by atoms with van der Waals surface area (Å²) in [5, 5.41) is 19.2. The molecule has 0 saturated heterocycles. The van der Waals surface area contributed by atoms with Crippen molar-refractivity contribution in [2.75, 3.05) is 13.2 Å². The fourth-order valence-electron chi connectivity index (χ4n) is 1.01. The largest absolute Gasteiger partial charge is 0.382 e. The molecule has 0 bridgehead atoms. The summed E-state index contributed by atoms with van der Waals surface area (Å²) in [4.78, 5) is 22.0. The second-order valence-electron chi connectivity index (χ2n) is 3.30. The van der Waals surface area contributed by atoms with Gasteiger partial charge in [-0.2, -0.15) is 0 Å². The van der Waals surface area contributed by atoms with Gasteiger partial charge in [0.05, 0.1) is 13.2 Å². The van der Waals surface area contributed by atoms with Crippen molar-refractivity contribution in [3.63, 3.8) is 0 Å². The molecule has 2 atom stereocenters. The first-order chi connectivity index (χ1) is 6.86. The Morgan fingerprint density at radius 3 is 2.40 bits per heavy atom. The Labute approximate surface area is 88.4 Å². The third-order valence-electron chi connectivity index (χ3n) is 2.00. The van der Waals surface area contributed by atoms with Gasteiger partial charge in [0, 0.05) is 0 Å². The number of hydrogen-bond donors (Lipinski definition) is 2. The van der Waals surface area contributed by atoms with Crippen molar-refractivity contribution in [1.29, 1.82) is 0 Å². The average Bonchev–Trinajstić information content (AvgIpc) is 2.16. The maximum Gasteiger partial charge on any atom is 0.178 e. The number of ether oxygens (including phenoxy) is 1. The SMILES string of the molecule is C=CCOCC(O)(C(C)=O)C(O)C(C)=O. The first-order valence-electron chi connectivity index (χ1n) is 4.46. The summed E-state index contributed by atoms with van der Waals surface area (Å²) in [6.07, 6.45) is -0.333. The van der Waals surface area contributed by atoms with Crippen LogP contribution in [0.4, 0.5) is 0 Å². The smallest absolute Gasteiger partial charge is 0.178 e. The van der Waals surface area contributed by atoms with Crippen LogP contribution in [0.3, 0.4) is 0 Å². The zero-order valence-electron chi connectivity index (χ0n) is 8.90. The predicted molar refractivity (Wildman–Crippen MR) is 53.3 cm³/mol. The summed E-state index contributed by atoms with van der Waals surface area (Å²) in [5.74, 6) is -1.40. The fraction of sp³-hybridized carbons (Fsp3) is 0.600. The van der Waals surface area contributed by atoms with E-state index in [0.717, 1.165) is 13.8 Å². The van der Waals surface area contributed by atoms with Gasteiger partial charge in [-0.3, -0.25) is 9.59 Å². The number of Topliss-reactive ketones (excluding diaryl/α,β-unsaturated/α-hetero) is 2. The molecule has 0 heterocycles. The summed E-state index contributed by atoms with van der Waals surface area (Å²) in [7, 11) is 0. The highest BCUT2D eigenvalue weighted by Gasteiger charge is 2.43. The van der Waals surface area contributed by atoms with Crippen molar-refractivity contribution in [1.82, 2.24) is 0 Å². The lowest BCUT2D eigenvalue weighted by molar-refractivity contribution is -0.165. The van der Waals surface area contributed by atoms with E-state index in [-0.39, 0.29) is 6.61 Å². The molecule has 0 spiro atoms. The van der Waals surface area contributed by atoms with E-state index in [1.165, 1.54) is 6.08 Å². The summed E-state index contributed by atoms with van der Waals surface area (Å²) in [6, 6.07) is 0. The maximum absolute atomic E-state index is 11.1. The number of aliphatic hydroxyl groups excluding tert-OH is 1. The lowest BCUT2D eigenvalue weighted by Crippen LogP contribution is -2.55. The summed E-state index contributed by atoms with van der Waals surface area (Å²) in [5.41, 5.74) is -2.17. The third kappa shape index (κ3) is 3.54. The van der Waals surface area contributed by atoms with Gasteiger partial charge in [-0.15, -0.1) is 6.58 Å². The van der Waals surface area contributed by atoms with E-state index < -0.39 is 29.9 Å². The minimum atomic E-state index is -2.17. The molecule has 0 amide bonds. The molecular weight excluding hydrogens is 200 g/mol. The first-order valence-corrected chi connectivity index (χ1v) is 4.46. The van der Waals surface area contributed by atoms with Crippen LogP contribution in [0.25, 0.3) is 0 Å². The third-order valence-corrected chi connectivity index (χ3v) is 2.00. The van der Waals surface area contributed by atoms with Crippen LogP contribution >= 0.6 is 0 Å². The van der Waals surface area contributed by atoms with Crippen molar-refractivity contribution in [2.45, 2.75) is 25.6 Å². The van der Waals surface area contributed by atoms with Crippen molar-refractivity contribution < 1.29 is 24.5 Å². The van der Waals surface area contributed by atoms with E-state index in [1.54, 1.807) is 0 Å². The second-order valence-corrected chi connectivity index (χ2v) is 3.30. The van der Waals surface area contributed by atoms with Gasteiger partial charge in [0.25, 0.3) is 0 Å². The van der Waals surface area contributed by atoms with E-state index in [2.05, 4.69) is 6.58 Å². The molecule has 0 aliphatic rings. The Hall–Kier alpha value is -1.04. The molecule has 0 saturated carbocycles. The number of carbonyl (C=O) groups excluding carboxylic acids is 2. The average molecular weight is 216 g/mol. The zero-order valence-corrected chi connectivity index (χ0v) is 8.90. The van der Waals surface area contributed by atoms with Crippen LogP contribution in [-0.2, 0) is 14.3 Å². The Bertz CT molecular complexity index is 261. The maximum atomic E-state index is 11.1. The molecule has 0 fully saturated rings. The molecule has 0 aromatic heterocycles. The van der Waals surface area contributed by atoms with Crippen LogP contribution in [0.1, 0.15) is 13.8 Å². The van der Waals surface area contributed by atoms with E-state index in [9.17, 15) is 19.8 Å². The Kier molecular flexibility index (Phi) is 5.35. The molecule has 5 nitrogen and oxygen atoms in total. The predicted octanol–water partition coefficient (Wildman–Crippen LogP) is -0.541. The molecule has 15 heavy (non-hydrogen) atoms. The van der Waals surface area contributed by atoms with Crippen LogP contribution in [0.5, 0.6) is 0 Å². The minimum absolute atomic E-state index is 0.125. The highest BCUT2D eigenvalue weighted by molar-refractivity contribution is 5.94. The van der Waals surface area contributed by atoms with Crippen LogP contribution in [0.2, 0.25) is 0 Å². The van der Waals surface area contributed by atoms with E-state index in [1.807, 2.05) is 0 Å². The number of rotatable bonds is 7. The lowest BCUT2D eigenvalue weighted by atomic mass is 9.91. The van der Waals surface area contributed by atoms with Crippen molar-refractivity contribution in [2.24, 2.45) is 0 Å². The van der Waals surface area contributed by atoms with Crippen LogP contribution < -0.4 is 0 Å².